The number of Topliss-reactive ketones (excluding diaryl/α,β-unsaturated/α-hetero) is 1. The molecule has 0 spiro atoms. The normalized spacial score (nSPS) is 13.0. The van der Waals surface area contributed by atoms with E-state index in [9.17, 15) is 13.2 Å². The quantitative estimate of drug-likeness (QED) is 0.812. The summed E-state index contributed by atoms with van der Waals surface area (Å²) < 4.78 is 23.5. The summed E-state index contributed by atoms with van der Waals surface area (Å²) in [6.45, 7) is 6.84. The molecule has 0 saturated heterocycles. The van der Waals surface area contributed by atoms with E-state index in [4.69, 9.17) is 0 Å². The summed E-state index contributed by atoms with van der Waals surface area (Å²) in [5.74, 6) is -0.334. The van der Waals surface area contributed by atoms with Crippen molar-refractivity contribution in [2.45, 2.75) is 44.9 Å². The minimum atomic E-state index is -3.42. The SMILES string of the molecule is CC(C)n1ccc(CC(=O)C(C)(C)S(C)(=O)=O)n1. The van der Waals surface area contributed by atoms with Crippen molar-refractivity contribution in [3.8, 4) is 0 Å². The van der Waals surface area contributed by atoms with E-state index in [0.29, 0.717) is 5.69 Å². The van der Waals surface area contributed by atoms with E-state index in [1.807, 2.05) is 13.8 Å². The molecule has 0 N–H and O–H groups in total. The van der Waals surface area contributed by atoms with Gasteiger partial charge < -0.3 is 0 Å². The molecule has 0 aliphatic heterocycles. The monoisotopic (exact) mass is 272 g/mol. The number of aromatic nitrogens is 2. The third-order valence-electron chi connectivity index (χ3n) is 3.13. The molecule has 0 radical (unpaired) electrons. The van der Waals surface area contributed by atoms with Crippen molar-refractivity contribution in [1.82, 2.24) is 9.78 Å². The van der Waals surface area contributed by atoms with E-state index in [0.717, 1.165) is 6.26 Å². The van der Waals surface area contributed by atoms with Crippen LogP contribution >= 0.6 is 0 Å². The Kier molecular flexibility index (Phi) is 4.00. The second-order valence-corrected chi connectivity index (χ2v) is 7.83. The molecule has 1 heterocycles. The maximum absolute atomic E-state index is 12.0. The fourth-order valence-corrected chi connectivity index (χ4v) is 1.83. The van der Waals surface area contributed by atoms with Crippen molar-refractivity contribution < 1.29 is 13.2 Å². The van der Waals surface area contributed by atoms with Crippen LogP contribution in [0.3, 0.4) is 0 Å². The predicted molar refractivity (Wildman–Crippen MR) is 70.2 cm³/mol. The highest BCUT2D eigenvalue weighted by Crippen LogP contribution is 2.18. The van der Waals surface area contributed by atoms with E-state index in [1.165, 1.54) is 13.8 Å². The van der Waals surface area contributed by atoms with E-state index in [-0.39, 0.29) is 18.2 Å². The Balaban J connectivity index is 2.88. The molecule has 18 heavy (non-hydrogen) atoms. The molecular formula is C12H20N2O3S. The number of carbonyl (C=O) groups excluding carboxylic acids is 1. The van der Waals surface area contributed by atoms with E-state index < -0.39 is 14.6 Å². The largest absolute Gasteiger partial charge is 0.298 e. The topological polar surface area (TPSA) is 69.0 Å². The summed E-state index contributed by atoms with van der Waals surface area (Å²) in [5.41, 5.74) is 0.602. The van der Waals surface area contributed by atoms with Crippen molar-refractivity contribution >= 4 is 15.6 Å². The minimum absolute atomic E-state index is 0.0415. The third-order valence-corrected chi connectivity index (χ3v) is 5.21. The lowest BCUT2D eigenvalue weighted by Gasteiger charge is -2.20. The molecule has 1 aromatic rings. The number of hydrogen-bond donors (Lipinski definition) is 0. The first-order chi connectivity index (χ1) is 8.05. The summed E-state index contributed by atoms with van der Waals surface area (Å²) in [6.07, 6.45) is 2.91. The minimum Gasteiger partial charge on any atom is -0.298 e. The molecule has 0 aromatic carbocycles. The molecular weight excluding hydrogens is 252 g/mol. The molecule has 0 unspecified atom stereocenters. The Bertz CT molecular complexity index is 541. The molecule has 0 atom stereocenters. The molecule has 0 bridgehead atoms. The number of rotatable bonds is 5. The average Bonchev–Trinajstić information content (AvgIpc) is 2.64. The number of carbonyl (C=O) groups is 1. The highest BCUT2D eigenvalue weighted by molar-refractivity contribution is 7.92. The molecule has 102 valence electrons. The zero-order chi connectivity index (χ0) is 14.1. The van der Waals surface area contributed by atoms with Crippen molar-refractivity contribution in [3.05, 3.63) is 18.0 Å². The van der Waals surface area contributed by atoms with Gasteiger partial charge in [-0.05, 0) is 33.8 Å². The number of nitrogens with zero attached hydrogens (tertiary/aromatic N) is 2. The Morgan fingerprint density at radius 3 is 2.39 bits per heavy atom. The Morgan fingerprint density at radius 1 is 1.44 bits per heavy atom. The van der Waals surface area contributed by atoms with Crippen molar-refractivity contribution in [2.75, 3.05) is 6.26 Å². The summed E-state index contributed by atoms with van der Waals surface area (Å²) >= 11 is 0. The molecule has 5 nitrogen and oxygen atoms in total. The lowest BCUT2D eigenvalue weighted by Crippen LogP contribution is -2.41. The number of ketones is 1. The zero-order valence-electron chi connectivity index (χ0n) is 11.5. The first-order valence-electron chi connectivity index (χ1n) is 5.82. The van der Waals surface area contributed by atoms with Crippen LogP contribution in [0.4, 0.5) is 0 Å². The van der Waals surface area contributed by atoms with E-state index >= 15 is 0 Å². The highest BCUT2D eigenvalue weighted by Gasteiger charge is 2.38. The Hall–Kier alpha value is -1.17. The molecule has 0 saturated carbocycles. The standard InChI is InChI=1S/C12H20N2O3S/c1-9(2)14-7-6-10(13-14)8-11(15)12(3,4)18(5,16)17/h6-7,9H,8H2,1-5H3. The van der Waals surface area contributed by atoms with Crippen LogP contribution < -0.4 is 0 Å². The lowest BCUT2D eigenvalue weighted by molar-refractivity contribution is -0.120. The van der Waals surface area contributed by atoms with Crippen LogP contribution in [-0.4, -0.2) is 35.0 Å². The van der Waals surface area contributed by atoms with Gasteiger partial charge in [0.2, 0.25) is 0 Å². The van der Waals surface area contributed by atoms with Gasteiger partial charge in [-0.15, -0.1) is 0 Å². The van der Waals surface area contributed by atoms with Gasteiger partial charge in [-0.25, -0.2) is 8.42 Å². The molecule has 0 aliphatic carbocycles. The van der Waals surface area contributed by atoms with Gasteiger partial charge in [-0.2, -0.15) is 5.10 Å². The van der Waals surface area contributed by atoms with E-state index in [2.05, 4.69) is 5.10 Å². The van der Waals surface area contributed by atoms with Crippen LogP contribution in [0.25, 0.3) is 0 Å². The van der Waals surface area contributed by atoms with Crippen molar-refractivity contribution in [2.24, 2.45) is 0 Å². The molecule has 0 amide bonds. The van der Waals surface area contributed by atoms with Crippen LogP contribution in [0.15, 0.2) is 12.3 Å². The molecule has 1 aromatic heterocycles. The second kappa shape index (κ2) is 4.84. The molecule has 1 rings (SSSR count). The van der Waals surface area contributed by atoms with Crippen LogP contribution in [0.2, 0.25) is 0 Å². The van der Waals surface area contributed by atoms with Crippen molar-refractivity contribution in [3.63, 3.8) is 0 Å². The van der Waals surface area contributed by atoms with Gasteiger partial charge in [0.25, 0.3) is 0 Å². The third kappa shape index (κ3) is 2.98. The second-order valence-electron chi connectivity index (χ2n) is 5.26. The van der Waals surface area contributed by atoms with E-state index in [1.54, 1.807) is 16.9 Å². The van der Waals surface area contributed by atoms with Crippen molar-refractivity contribution in [1.29, 1.82) is 0 Å². The predicted octanol–water partition coefficient (Wildman–Crippen LogP) is 1.40. The summed E-state index contributed by atoms with van der Waals surface area (Å²) in [7, 11) is -3.42. The lowest BCUT2D eigenvalue weighted by atomic mass is 10.0. The van der Waals surface area contributed by atoms with Gasteiger partial charge in [0, 0.05) is 18.5 Å². The summed E-state index contributed by atoms with van der Waals surface area (Å²) in [6, 6.07) is 1.97. The first kappa shape index (κ1) is 14.9. The smallest absolute Gasteiger partial charge is 0.159 e. The van der Waals surface area contributed by atoms with Gasteiger partial charge in [-0.3, -0.25) is 9.48 Å². The number of sulfone groups is 1. The van der Waals surface area contributed by atoms with Crippen LogP contribution in [0.5, 0.6) is 0 Å². The van der Waals surface area contributed by atoms with Gasteiger partial charge in [0.1, 0.15) is 4.75 Å². The molecule has 0 aliphatic rings. The van der Waals surface area contributed by atoms with Crippen LogP contribution in [-0.2, 0) is 21.1 Å². The average molecular weight is 272 g/mol. The molecule has 0 fully saturated rings. The van der Waals surface area contributed by atoms with Gasteiger partial charge in [0.05, 0.1) is 12.1 Å². The fraction of sp³-hybridized carbons (Fsp3) is 0.667. The summed E-state index contributed by atoms with van der Waals surface area (Å²) in [4.78, 5) is 12.0. The van der Waals surface area contributed by atoms with Gasteiger partial charge >= 0.3 is 0 Å². The maximum Gasteiger partial charge on any atom is 0.159 e. The van der Waals surface area contributed by atoms with Gasteiger partial charge in [-0.1, -0.05) is 0 Å². The number of hydrogen-bond acceptors (Lipinski definition) is 4. The maximum atomic E-state index is 12.0. The molecule has 6 heteroatoms. The Labute approximate surface area is 108 Å². The Morgan fingerprint density at radius 2 is 2.00 bits per heavy atom. The first-order valence-corrected chi connectivity index (χ1v) is 7.72. The fourth-order valence-electron chi connectivity index (χ4n) is 1.34. The summed E-state index contributed by atoms with van der Waals surface area (Å²) in [5, 5.41) is 4.25. The highest BCUT2D eigenvalue weighted by atomic mass is 32.2. The van der Waals surface area contributed by atoms with Crippen LogP contribution in [0, 0.1) is 0 Å². The van der Waals surface area contributed by atoms with Gasteiger partial charge in [0.15, 0.2) is 15.6 Å². The zero-order valence-corrected chi connectivity index (χ0v) is 12.3. The van der Waals surface area contributed by atoms with Crippen LogP contribution in [0.1, 0.15) is 39.4 Å².